The lowest BCUT2D eigenvalue weighted by Crippen LogP contribution is -2.40. The molecule has 0 bridgehead atoms. The molecule has 1 aliphatic heterocycles. The van der Waals surface area contributed by atoms with Gasteiger partial charge in [-0.25, -0.2) is 14.3 Å². The van der Waals surface area contributed by atoms with Crippen LogP contribution in [0.1, 0.15) is 45.2 Å². The van der Waals surface area contributed by atoms with Crippen LogP contribution < -0.4 is 5.73 Å². The van der Waals surface area contributed by atoms with E-state index >= 15 is 0 Å². The molecular formula is C21H19N5O3. The number of hydrogen-bond acceptors (Lipinski definition) is 5. The van der Waals surface area contributed by atoms with Gasteiger partial charge in [0.15, 0.2) is 11.5 Å². The number of carbonyl (C=O) groups excluding carboxylic acids is 1. The SMILES string of the molecule is Cc1cc(-c2ccn3nc(N)c(C(=O)O)c3n2)cc2c1C(=O)N(C1(C)C3CC31)C2. The molecule has 2 atom stereocenters. The van der Waals surface area contributed by atoms with Gasteiger partial charge in [-0.3, -0.25) is 4.79 Å². The molecule has 2 fully saturated rings. The zero-order valence-corrected chi connectivity index (χ0v) is 16.0. The molecule has 3 heterocycles. The highest BCUT2D eigenvalue weighted by atomic mass is 16.4. The highest BCUT2D eigenvalue weighted by molar-refractivity contribution is 6.02. The van der Waals surface area contributed by atoms with E-state index in [1.165, 1.54) is 10.9 Å². The summed E-state index contributed by atoms with van der Waals surface area (Å²) in [5, 5.41) is 13.4. The monoisotopic (exact) mass is 389 g/mol. The number of benzene rings is 1. The summed E-state index contributed by atoms with van der Waals surface area (Å²) in [5.41, 5.74) is 10.1. The van der Waals surface area contributed by atoms with Gasteiger partial charge in [0, 0.05) is 29.4 Å². The number of amides is 1. The molecule has 2 saturated carbocycles. The van der Waals surface area contributed by atoms with Gasteiger partial charge in [-0.15, -0.1) is 5.10 Å². The quantitative estimate of drug-likeness (QED) is 0.711. The Morgan fingerprint density at radius 3 is 2.76 bits per heavy atom. The van der Waals surface area contributed by atoms with Crippen molar-refractivity contribution in [2.45, 2.75) is 32.4 Å². The van der Waals surface area contributed by atoms with Crippen LogP contribution >= 0.6 is 0 Å². The fraction of sp³-hybridized carbons (Fsp3) is 0.333. The Bertz CT molecular complexity index is 1270. The minimum atomic E-state index is -1.16. The number of rotatable bonds is 3. The van der Waals surface area contributed by atoms with E-state index in [0.717, 1.165) is 22.3 Å². The Morgan fingerprint density at radius 2 is 2.10 bits per heavy atom. The smallest absolute Gasteiger partial charge is 0.343 e. The maximum absolute atomic E-state index is 13.0. The summed E-state index contributed by atoms with van der Waals surface area (Å²) in [7, 11) is 0. The summed E-state index contributed by atoms with van der Waals surface area (Å²) in [6.07, 6.45) is 2.89. The molecule has 3 aliphatic rings. The van der Waals surface area contributed by atoms with Crippen molar-refractivity contribution >= 4 is 23.3 Å². The maximum atomic E-state index is 13.0. The van der Waals surface area contributed by atoms with E-state index in [9.17, 15) is 14.7 Å². The second-order valence-corrected chi connectivity index (χ2v) is 8.54. The topological polar surface area (TPSA) is 114 Å². The maximum Gasteiger partial charge on any atom is 0.343 e. The summed E-state index contributed by atoms with van der Waals surface area (Å²) in [6, 6.07) is 5.71. The van der Waals surface area contributed by atoms with Gasteiger partial charge in [0.05, 0.1) is 5.69 Å². The van der Waals surface area contributed by atoms with Gasteiger partial charge in [0.2, 0.25) is 0 Å². The molecule has 0 spiro atoms. The lowest BCUT2D eigenvalue weighted by molar-refractivity contribution is 0.0622. The van der Waals surface area contributed by atoms with Gasteiger partial charge in [-0.05, 0) is 61.4 Å². The molecule has 8 heteroatoms. The molecule has 2 aliphatic carbocycles. The Hall–Kier alpha value is -3.42. The van der Waals surface area contributed by atoms with Crippen molar-refractivity contribution < 1.29 is 14.7 Å². The first-order valence-electron chi connectivity index (χ1n) is 9.64. The Labute approximate surface area is 165 Å². The number of nitrogens with zero attached hydrogens (tertiary/aromatic N) is 4. The number of aromatic carboxylic acids is 1. The van der Waals surface area contributed by atoms with E-state index in [2.05, 4.69) is 17.0 Å². The van der Waals surface area contributed by atoms with Crippen molar-refractivity contribution in [3.8, 4) is 11.3 Å². The highest BCUT2D eigenvalue weighted by Gasteiger charge is 2.77. The Balaban J connectivity index is 1.44. The molecule has 146 valence electrons. The van der Waals surface area contributed by atoms with Crippen molar-refractivity contribution in [1.29, 1.82) is 0 Å². The molecule has 3 aromatic rings. The molecule has 29 heavy (non-hydrogen) atoms. The van der Waals surface area contributed by atoms with E-state index < -0.39 is 5.97 Å². The second-order valence-electron chi connectivity index (χ2n) is 8.54. The number of anilines is 1. The van der Waals surface area contributed by atoms with Gasteiger partial charge in [-0.1, -0.05) is 0 Å². The summed E-state index contributed by atoms with van der Waals surface area (Å²) < 4.78 is 1.37. The molecular weight excluding hydrogens is 370 g/mol. The molecule has 3 N–H and O–H groups in total. The van der Waals surface area contributed by atoms with E-state index in [4.69, 9.17) is 5.73 Å². The Kier molecular flexibility index (Phi) is 2.82. The molecule has 0 saturated heterocycles. The van der Waals surface area contributed by atoms with Crippen LogP contribution in [-0.2, 0) is 6.54 Å². The number of nitrogen functional groups attached to an aromatic ring is 1. The largest absolute Gasteiger partial charge is 0.477 e. The van der Waals surface area contributed by atoms with E-state index in [-0.39, 0.29) is 28.5 Å². The van der Waals surface area contributed by atoms with Crippen LogP contribution in [0.3, 0.4) is 0 Å². The second kappa shape index (κ2) is 4.94. The summed E-state index contributed by atoms with van der Waals surface area (Å²) >= 11 is 0. The number of carboxylic acid groups (broad SMARTS) is 1. The van der Waals surface area contributed by atoms with E-state index in [1.54, 1.807) is 12.3 Å². The third-order valence-corrected chi connectivity index (χ3v) is 6.99. The van der Waals surface area contributed by atoms with Gasteiger partial charge >= 0.3 is 5.97 Å². The first kappa shape index (κ1) is 16.5. The average molecular weight is 389 g/mol. The molecule has 1 amide bonds. The third kappa shape index (κ3) is 1.98. The summed E-state index contributed by atoms with van der Waals surface area (Å²) in [4.78, 5) is 31.1. The van der Waals surface area contributed by atoms with Crippen LogP contribution in [0.2, 0.25) is 0 Å². The average Bonchev–Trinajstić information content (AvgIpc) is 3.51. The summed E-state index contributed by atoms with van der Waals surface area (Å²) in [5.74, 6) is 0.242. The number of carbonyl (C=O) groups is 2. The van der Waals surface area contributed by atoms with Crippen molar-refractivity contribution in [3.63, 3.8) is 0 Å². The van der Waals surface area contributed by atoms with Gasteiger partial charge in [-0.2, -0.15) is 0 Å². The lowest BCUT2D eigenvalue weighted by atomic mass is 9.98. The van der Waals surface area contributed by atoms with E-state index in [1.807, 2.05) is 24.0 Å². The van der Waals surface area contributed by atoms with Crippen molar-refractivity contribution in [2.75, 3.05) is 5.73 Å². The van der Waals surface area contributed by atoms with Crippen LogP contribution in [0.5, 0.6) is 0 Å². The van der Waals surface area contributed by atoms with Gasteiger partial charge < -0.3 is 15.7 Å². The predicted molar refractivity (Wildman–Crippen MR) is 104 cm³/mol. The standard InChI is InChI=1S/C21H19N5O3/c1-9-5-10(14-3-4-26-18(23-14)16(20(28)29)17(22)24-26)6-11-8-25(19(27)15(9)11)21(2)12-7-13(12)21/h3-6,12-13H,7-8H2,1-2H3,(H2,22,24)(H,28,29). The highest BCUT2D eigenvalue weighted by Crippen LogP contribution is 2.74. The third-order valence-electron chi connectivity index (χ3n) is 6.99. The van der Waals surface area contributed by atoms with Gasteiger partial charge in [0.25, 0.3) is 5.91 Å². The van der Waals surface area contributed by atoms with Crippen LogP contribution in [0.25, 0.3) is 16.9 Å². The van der Waals surface area contributed by atoms with Crippen LogP contribution in [0.15, 0.2) is 24.4 Å². The number of fused-ring (bicyclic) bond motifs is 3. The molecule has 6 rings (SSSR count). The van der Waals surface area contributed by atoms with Crippen LogP contribution in [-0.4, -0.2) is 42.0 Å². The normalized spacial score (nSPS) is 26.6. The first-order chi connectivity index (χ1) is 13.8. The zero-order chi connectivity index (χ0) is 20.2. The number of nitrogens with two attached hydrogens (primary N) is 1. The van der Waals surface area contributed by atoms with Crippen molar-refractivity contribution in [1.82, 2.24) is 19.5 Å². The molecule has 2 unspecified atom stereocenters. The fourth-order valence-electron chi connectivity index (χ4n) is 5.11. The number of aromatic nitrogens is 3. The van der Waals surface area contributed by atoms with Crippen molar-refractivity contribution in [3.05, 3.63) is 46.6 Å². The van der Waals surface area contributed by atoms with Crippen LogP contribution in [0.4, 0.5) is 5.82 Å². The summed E-state index contributed by atoms with van der Waals surface area (Å²) in [6.45, 7) is 4.76. The fourth-order valence-corrected chi connectivity index (χ4v) is 5.11. The molecule has 2 aromatic heterocycles. The number of carboxylic acids is 1. The minimum Gasteiger partial charge on any atom is -0.477 e. The van der Waals surface area contributed by atoms with Gasteiger partial charge in [0.1, 0.15) is 5.56 Å². The first-order valence-corrected chi connectivity index (χ1v) is 9.64. The Morgan fingerprint density at radius 1 is 1.34 bits per heavy atom. The number of hydrogen-bond donors (Lipinski definition) is 2. The van der Waals surface area contributed by atoms with E-state index in [0.29, 0.717) is 24.1 Å². The molecule has 0 radical (unpaired) electrons. The number of aryl methyl sites for hydroxylation is 1. The predicted octanol–water partition coefficient (Wildman–Crippen LogP) is 2.35. The zero-order valence-electron chi connectivity index (χ0n) is 16.0. The lowest BCUT2D eigenvalue weighted by Gasteiger charge is -2.29. The minimum absolute atomic E-state index is 0.0331. The molecule has 8 nitrogen and oxygen atoms in total. The van der Waals surface area contributed by atoms with Crippen LogP contribution in [0, 0.1) is 18.8 Å². The van der Waals surface area contributed by atoms with Crippen molar-refractivity contribution in [2.24, 2.45) is 11.8 Å². The molecule has 1 aromatic carbocycles.